The van der Waals surface area contributed by atoms with Crippen molar-refractivity contribution in [2.45, 2.75) is 27.0 Å². The van der Waals surface area contributed by atoms with Gasteiger partial charge in [-0.25, -0.2) is 0 Å². The number of benzene rings is 1. The van der Waals surface area contributed by atoms with Crippen molar-refractivity contribution in [3.05, 3.63) is 70.1 Å². The Morgan fingerprint density at radius 1 is 1.22 bits per heavy atom. The number of rotatable bonds is 6. The molecule has 0 saturated carbocycles. The van der Waals surface area contributed by atoms with Gasteiger partial charge in [0.1, 0.15) is 12.4 Å². The van der Waals surface area contributed by atoms with Gasteiger partial charge in [0, 0.05) is 30.5 Å². The van der Waals surface area contributed by atoms with Gasteiger partial charge in [-0.15, -0.1) is 0 Å². The maximum absolute atomic E-state index is 12.5. The van der Waals surface area contributed by atoms with E-state index in [0.29, 0.717) is 23.7 Å². The molecule has 0 unspecified atom stereocenters. The summed E-state index contributed by atoms with van der Waals surface area (Å²) in [6, 6.07) is 5.28. The van der Waals surface area contributed by atoms with E-state index < -0.39 is 0 Å². The number of amides is 1. The van der Waals surface area contributed by atoms with E-state index in [9.17, 15) is 4.79 Å². The Morgan fingerprint density at radius 2 is 1.96 bits per heavy atom. The minimum absolute atomic E-state index is 0.161. The molecule has 0 atom stereocenters. The molecular formula is C19H19ClN4O3. The predicted octanol–water partition coefficient (Wildman–Crippen LogP) is 3.59. The van der Waals surface area contributed by atoms with Gasteiger partial charge in [-0.2, -0.15) is 0 Å². The highest BCUT2D eigenvalue weighted by Crippen LogP contribution is 2.26. The third-order valence-electron chi connectivity index (χ3n) is 3.93. The average molecular weight is 387 g/mol. The van der Waals surface area contributed by atoms with E-state index in [-0.39, 0.29) is 18.2 Å². The number of aromatic nitrogens is 3. The van der Waals surface area contributed by atoms with Crippen molar-refractivity contribution in [2.24, 2.45) is 0 Å². The van der Waals surface area contributed by atoms with Crippen LogP contribution in [-0.4, -0.2) is 33.0 Å². The molecule has 0 aliphatic rings. The molecule has 0 saturated heterocycles. The van der Waals surface area contributed by atoms with Crippen LogP contribution in [0.5, 0.6) is 5.75 Å². The standard InChI is InChI=1S/C19H19ClN4O3/c1-12-6-15(7-13(2)18(12)20)26-11-16-8-17(23-27-16)19(25)24(3)10-14-9-21-4-5-22-14/h4-9H,10-11H2,1-3H3. The number of aryl methyl sites for hydroxylation is 2. The Balaban J connectivity index is 1.61. The van der Waals surface area contributed by atoms with E-state index in [1.54, 1.807) is 31.7 Å². The van der Waals surface area contributed by atoms with Crippen molar-refractivity contribution in [2.75, 3.05) is 7.05 Å². The van der Waals surface area contributed by atoms with Crippen LogP contribution in [0.3, 0.4) is 0 Å². The molecule has 3 rings (SSSR count). The van der Waals surface area contributed by atoms with E-state index in [2.05, 4.69) is 15.1 Å². The van der Waals surface area contributed by atoms with E-state index in [4.69, 9.17) is 20.9 Å². The van der Waals surface area contributed by atoms with Crippen molar-refractivity contribution in [1.29, 1.82) is 0 Å². The number of ether oxygens (including phenoxy) is 1. The Morgan fingerprint density at radius 3 is 2.63 bits per heavy atom. The van der Waals surface area contributed by atoms with Gasteiger partial charge in [-0.3, -0.25) is 14.8 Å². The molecule has 7 nitrogen and oxygen atoms in total. The first-order chi connectivity index (χ1) is 12.9. The summed E-state index contributed by atoms with van der Waals surface area (Å²) >= 11 is 6.16. The minimum atomic E-state index is -0.270. The van der Waals surface area contributed by atoms with E-state index in [0.717, 1.165) is 16.1 Å². The summed E-state index contributed by atoms with van der Waals surface area (Å²) in [4.78, 5) is 22.1. The first-order valence-electron chi connectivity index (χ1n) is 8.29. The summed E-state index contributed by atoms with van der Waals surface area (Å²) in [5.41, 5.74) is 2.77. The Hall–Kier alpha value is -2.93. The van der Waals surface area contributed by atoms with Gasteiger partial charge in [0.25, 0.3) is 5.91 Å². The number of halogens is 1. The largest absolute Gasteiger partial charge is 0.486 e. The van der Waals surface area contributed by atoms with Crippen LogP contribution >= 0.6 is 11.6 Å². The molecule has 2 heterocycles. The van der Waals surface area contributed by atoms with Gasteiger partial charge in [0.15, 0.2) is 11.5 Å². The lowest BCUT2D eigenvalue weighted by atomic mass is 10.1. The van der Waals surface area contributed by atoms with Crippen LogP contribution < -0.4 is 4.74 Å². The molecule has 0 fully saturated rings. The van der Waals surface area contributed by atoms with Crippen LogP contribution in [0.2, 0.25) is 5.02 Å². The lowest BCUT2D eigenvalue weighted by Gasteiger charge is -2.14. The zero-order valence-corrected chi connectivity index (χ0v) is 16.0. The Kier molecular flexibility index (Phi) is 5.71. The number of nitrogens with zero attached hydrogens (tertiary/aromatic N) is 4. The van der Waals surface area contributed by atoms with Gasteiger partial charge in [-0.05, 0) is 37.1 Å². The van der Waals surface area contributed by atoms with Crippen LogP contribution in [0.4, 0.5) is 0 Å². The van der Waals surface area contributed by atoms with Crippen LogP contribution in [0.15, 0.2) is 41.3 Å². The lowest BCUT2D eigenvalue weighted by Crippen LogP contribution is -2.26. The maximum Gasteiger partial charge on any atom is 0.276 e. The fourth-order valence-corrected chi connectivity index (χ4v) is 2.66. The number of hydrogen-bond donors (Lipinski definition) is 0. The van der Waals surface area contributed by atoms with Crippen LogP contribution in [0.1, 0.15) is 33.1 Å². The second-order valence-electron chi connectivity index (χ2n) is 6.20. The predicted molar refractivity (Wildman–Crippen MR) is 99.6 cm³/mol. The Bertz CT molecular complexity index is 920. The third kappa shape index (κ3) is 4.62. The smallest absolute Gasteiger partial charge is 0.276 e. The van der Waals surface area contributed by atoms with Gasteiger partial charge in [0.05, 0.1) is 18.4 Å². The molecule has 140 valence electrons. The first-order valence-corrected chi connectivity index (χ1v) is 8.67. The van der Waals surface area contributed by atoms with Crippen molar-refractivity contribution < 1.29 is 14.1 Å². The monoisotopic (exact) mass is 386 g/mol. The second kappa shape index (κ2) is 8.18. The summed E-state index contributed by atoms with van der Waals surface area (Å²) in [5.74, 6) is 0.865. The van der Waals surface area contributed by atoms with Gasteiger partial charge >= 0.3 is 0 Å². The highest BCUT2D eigenvalue weighted by molar-refractivity contribution is 6.32. The Labute approximate surface area is 161 Å². The SMILES string of the molecule is Cc1cc(OCc2cc(C(=O)N(C)Cc3cnccn3)no2)cc(C)c1Cl. The zero-order valence-electron chi connectivity index (χ0n) is 15.3. The van der Waals surface area contributed by atoms with Crippen LogP contribution in [0.25, 0.3) is 0 Å². The molecule has 0 aliphatic heterocycles. The minimum Gasteiger partial charge on any atom is -0.486 e. The van der Waals surface area contributed by atoms with Gasteiger partial charge in [0.2, 0.25) is 0 Å². The van der Waals surface area contributed by atoms with E-state index in [1.807, 2.05) is 26.0 Å². The highest BCUT2D eigenvalue weighted by atomic mass is 35.5. The summed E-state index contributed by atoms with van der Waals surface area (Å²) in [7, 11) is 1.67. The molecule has 8 heteroatoms. The molecule has 0 radical (unpaired) electrons. The van der Waals surface area contributed by atoms with Crippen LogP contribution in [0, 0.1) is 13.8 Å². The van der Waals surface area contributed by atoms with Crippen molar-refractivity contribution >= 4 is 17.5 Å². The average Bonchev–Trinajstić information content (AvgIpc) is 3.13. The quantitative estimate of drug-likeness (QED) is 0.644. The van der Waals surface area contributed by atoms with Gasteiger partial charge in [-0.1, -0.05) is 16.8 Å². The molecular weight excluding hydrogens is 368 g/mol. The molecule has 27 heavy (non-hydrogen) atoms. The highest BCUT2D eigenvalue weighted by Gasteiger charge is 2.18. The molecule has 2 aromatic heterocycles. The molecule has 0 bridgehead atoms. The van der Waals surface area contributed by atoms with Gasteiger partial charge < -0.3 is 14.2 Å². The van der Waals surface area contributed by atoms with Crippen LogP contribution in [-0.2, 0) is 13.2 Å². The maximum atomic E-state index is 12.5. The molecule has 0 spiro atoms. The van der Waals surface area contributed by atoms with Crippen molar-refractivity contribution in [3.8, 4) is 5.75 Å². The number of hydrogen-bond acceptors (Lipinski definition) is 6. The fourth-order valence-electron chi connectivity index (χ4n) is 2.55. The molecule has 1 aromatic carbocycles. The zero-order chi connectivity index (χ0) is 19.4. The topological polar surface area (TPSA) is 81.4 Å². The summed E-state index contributed by atoms with van der Waals surface area (Å²) in [6.45, 7) is 4.32. The second-order valence-corrected chi connectivity index (χ2v) is 6.57. The molecule has 1 amide bonds. The first kappa shape index (κ1) is 18.8. The normalized spacial score (nSPS) is 10.7. The summed E-state index contributed by atoms with van der Waals surface area (Å²) < 4.78 is 10.9. The lowest BCUT2D eigenvalue weighted by molar-refractivity contribution is 0.0772. The summed E-state index contributed by atoms with van der Waals surface area (Å²) in [6.07, 6.45) is 4.78. The number of carbonyl (C=O) groups excluding carboxylic acids is 1. The van der Waals surface area contributed by atoms with Crippen molar-refractivity contribution in [1.82, 2.24) is 20.0 Å². The molecule has 0 N–H and O–H groups in total. The molecule has 3 aromatic rings. The fraction of sp³-hybridized carbons (Fsp3) is 0.263. The number of carbonyl (C=O) groups is 1. The summed E-state index contributed by atoms with van der Waals surface area (Å²) in [5, 5.41) is 4.56. The third-order valence-corrected chi connectivity index (χ3v) is 4.53. The van der Waals surface area contributed by atoms with Crippen molar-refractivity contribution in [3.63, 3.8) is 0 Å². The molecule has 0 aliphatic carbocycles. The van der Waals surface area contributed by atoms with E-state index in [1.165, 1.54) is 4.90 Å². The van der Waals surface area contributed by atoms with E-state index >= 15 is 0 Å².